The van der Waals surface area contributed by atoms with Gasteiger partial charge in [-0.2, -0.15) is 0 Å². The molecule has 0 saturated heterocycles. The lowest BCUT2D eigenvalue weighted by Crippen LogP contribution is -1.93. The summed E-state index contributed by atoms with van der Waals surface area (Å²) in [6.07, 6.45) is 3.43. The maximum atomic E-state index is 11.5. The van der Waals surface area contributed by atoms with Crippen LogP contribution in [-0.2, 0) is 0 Å². The van der Waals surface area contributed by atoms with Crippen LogP contribution in [0.15, 0.2) is 70.1 Å². The van der Waals surface area contributed by atoms with Crippen LogP contribution in [0.3, 0.4) is 0 Å². The Bertz CT molecular complexity index is 1070. The smallest absolute Gasteiger partial charge is 0.417 e. The van der Waals surface area contributed by atoms with Crippen molar-refractivity contribution in [3.8, 4) is 28.4 Å². The fraction of sp³-hybridized carbons (Fsp3) is 0.0526. The Labute approximate surface area is 142 Å². The van der Waals surface area contributed by atoms with Crippen molar-refractivity contribution in [2.45, 2.75) is 0 Å². The number of hydrogen-bond acceptors (Lipinski definition) is 5. The summed E-state index contributed by atoms with van der Waals surface area (Å²) in [6.45, 7) is 0. The Morgan fingerprint density at radius 3 is 2.60 bits per heavy atom. The van der Waals surface area contributed by atoms with E-state index in [4.69, 9.17) is 13.9 Å². The second kappa shape index (κ2) is 6.16. The topological polar surface area (TPSA) is 77.4 Å². The highest BCUT2D eigenvalue weighted by molar-refractivity contribution is 5.84. The van der Waals surface area contributed by atoms with Crippen LogP contribution < -0.4 is 15.2 Å². The molecule has 2 heterocycles. The number of pyridine rings is 1. The molecule has 2 aromatic carbocycles. The van der Waals surface area contributed by atoms with Gasteiger partial charge in [0.25, 0.3) is 0 Å². The molecule has 6 nitrogen and oxygen atoms in total. The molecule has 0 spiro atoms. The summed E-state index contributed by atoms with van der Waals surface area (Å²) in [5.74, 6) is 1.47. The van der Waals surface area contributed by atoms with Crippen LogP contribution in [0.2, 0.25) is 0 Å². The molecule has 0 bridgehead atoms. The number of fused-ring (bicyclic) bond motifs is 1. The standard InChI is InChI=1S/C19H14N2O4/c1-23-13-4-6-14(7-5-13)24-17-10-16-18(25-19(22)21-16)9-15(17)12-3-2-8-20-11-12/h2-11H,1H3,(H,21,22). The molecular formula is C19H14N2O4. The van der Waals surface area contributed by atoms with E-state index in [0.717, 1.165) is 16.9 Å². The summed E-state index contributed by atoms with van der Waals surface area (Å²) in [5.41, 5.74) is 2.67. The molecule has 0 aliphatic rings. The monoisotopic (exact) mass is 334 g/mol. The Balaban J connectivity index is 1.83. The van der Waals surface area contributed by atoms with Crippen LogP contribution in [0.4, 0.5) is 0 Å². The molecule has 0 aliphatic heterocycles. The van der Waals surface area contributed by atoms with Crippen LogP contribution in [0.25, 0.3) is 22.2 Å². The number of nitrogens with one attached hydrogen (secondary N) is 1. The van der Waals surface area contributed by atoms with Crippen molar-refractivity contribution in [1.82, 2.24) is 9.97 Å². The molecular weight excluding hydrogens is 320 g/mol. The van der Waals surface area contributed by atoms with Gasteiger partial charge in [0, 0.05) is 29.6 Å². The highest BCUT2D eigenvalue weighted by Crippen LogP contribution is 2.36. The van der Waals surface area contributed by atoms with Crippen molar-refractivity contribution < 1.29 is 13.9 Å². The minimum atomic E-state index is -0.506. The lowest BCUT2D eigenvalue weighted by atomic mass is 10.1. The van der Waals surface area contributed by atoms with Gasteiger partial charge in [-0.05, 0) is 36.4 Å². The van der Waals surface area contributed by atoms with Crippen molar-refractivity contribution in [2.24, 2.45) is 0 Å². The number of methoxy groups -OCH3 is 1. The number of H-pyrrole nitrogens is 1. The molecule has 2 aromatic heterocycles. The quantitative estimate of drug-likeness (QED) is 0.611. The molecule has 0 saturated carbocycles. The van der Waals surface area contributed by atoms with Gasteiger partial charge in [0.05, 0.1) is 12.6 Å². The Morgan fingerprint density at radius 2 is 1.88 bits per heavy atom. The molecule has 4 rings (SSSR count). The minimum absolute atomic E-state index is 0.464. The third-order valence-corrected chi connectivity index (χ3v) is 3.78. The van der Waals surface area contributed by atoms with Crippen molar-refractivity contribution >= 4 is 11.1 Å². The maximum Gasteiger partial charge on any atom is 0.417 e. The zero-order valence-corrected chi connectivity index (χ0v) is 13.4. The number of rotatable bonds is 4. The first-order valence-electron chi connectivity index (χ1n) is 7.62. The van der Waals surface area contributed by atoms with E-state index in [2.05, 4.69) is 9.97 Å². The third-order valence-electron chi connectivity index (χ3n) is 3.78. The third kappa shape index (κ3) is 2.97. The van der Waals surface area contributed by atoms with Gasteiger partial charge in [-0.15, -0.1) is 0 Å². The number of oxazole rings is 1. The Morgan fingerprint density at radius 1 is 1.08 bits per heavy atom. The number of hydrogen-bond donors (Lipinski definition) is 1. The summed E-state index contributed by atoms with van der Waals surface area (Å²) < 4.78 is 16.4. The van der Waals surface area contributed by atoms with Gasteiger partial charge in [0.2, 0.25) is 0 Å². The van der Waals surface area contributed by atoms with E-state index >= 15 is 0 Å². The first-order valence-corrected chi connectivity index (χ1v) is 7.62. The molecule has 0 fully saturated rings. The fourth-order valence-corrected chi connectivity index (χ4v) is 2.58. The number of ether oxygens (including phenoxy) is 2. The molecule has 124 valence electrons. The predicted molar refractivity (Wildman–Crippen MR) is 93.1 cm³/mol. The molecule has 0 radical (unpaired) electrons. The van der Waals surface area contributed by atoms with Crippen LogP contribution in [-0.4, -0.2) is 17.1 Å². The highest BCUT2D eigenvalue weighted by atomic mass is 16.5. The summed E-state index contributed by atoms with van der Waals surface area (Å²) in [7, 11) is 1.61. The van der Waals surface area contributed by atoms with Gasteiger partial charge in [-0.1, -0.05) is 6.07 Å². The van der Waals surface area contributed by atoms with E-state index in [9.17, 15) is 4.79 Å². The van der Waals surface area contributed by atoms with E-state index in [-0.39, 0.29) is 0 Å². The maximum absolute atomic E-state index is 11.5. The molecule has 6 heteroatoms. The molecule has 4 aromatic rings. The number of nitrogens with zero attached hydrogens (tertiary/aromatic N) is 1. The summed E-state index contributed by atoms with van der Waals surface area (Å²) in [6, 6.07) is 14.5. The Kier molecular flexibility index (Phi) is 3.70. The van der Waals surface area contributed by atoms with Crippen molar-refractivity contribution in [3.05, 3.63) is 71.5 Å². The minimum Gasteiger partial charge on any atom is -0.497 e. The number of benzene rings is 2. The summed E-state index contributed by atoms with van der Waals surface area (Å²) in [5, 5.41) is 0. The summed E-state index contributed by atoms with van der Waals surface area (Å²) >= 11 is 0. The number of aromatic amines is 1. The predicted octanol–water partition coefficient (Wildman–Crippen LogP) is 3.98. The second-order valence-corrected chi connectivity index (χ2v) is 5.38. The van der Waals surface area contributed by atoms with Gasteiger partial charge in [-0.3, -0.25) is 9.97 Å². The van der Waals surface area contributed by atoms with Gasteiger partial charge in [-0.25, -0.2) is 4.79 Å². The normalized spacial score (nSPS) is 10.8. The average Bonchev–Trinajstić information content (AvgIpc) is 3.01. The van der Waals surface area contributed by atoms with E-state index in [1.165, 1.54) is 0 Å². The Hall–Kier alpha value is -3.54. The molecule has 0 atom stereocenters. The lowest BCUT2D eigenvalue weighted by Gasteiger charge is -2.12. The highest BCUT2D eigenvalue weighted by Gasteiger charge is 2.13. The fourth-order valence-electron chi connectivity index (χ4n) is 2.58. The number of aromatic nitrogens is 2. The van der Waals surface area contributed by atoms with E-state index < -0.39 is 5.76 Å². The molecule has 0 amide bonds. The molecule has 0 aliphatic carbocycles. The van der Waals surface area contributed by atoms with Crippen molar-refractivity contribution in [2.75, 3.05) is 7.11 Å². The van der Waals surface area contributed by atoms with Gasteiger partial charge < -0.3 is 13.9 Å². The van der Waals surface area contributed by atoms with Gasteiger partial charge in [0.15, 0.2) is 5.58 Å². The van der Waals surface area contributed by atoms with Crippen LogP contribution in [0.5, 0.6) is 17.2 Å². The molecule has 25 heavy (non-hydrogen) atoms. The molecule has 0 unspecified atom stereocenters. The second-order valence-electron chi connectivity index (χ2n) is 5.38. The van der Waals surface area contributed by atoms with Crippen LogP contribution in [0.1, 0.15) is 0 Å². The van der Waals surface area contributed by atoms with E-state index in [1.807, 2.05) is 36.4 Å². The SMILES string of the molecule is COc1ccc(Oc2cc3[nH]c(=O)oc3cc2-c2cccnc2)cc1. The first-order chi connectivity index (χ1) is 12.2. The van der Waals surface area contributed by atoms with Gasteiger partial charge in [0.1, 0.15) is 17.2 Å². The zero-order chi connectivity index (χ0) is 17.2. The first kappa shape index (κ1) is 15.0. The lowest BCUT2D eigenvalue weighted by molar-refractivity contribution is 0.413. The summed E-state index contributed by atoms with van der Waals surface area (Å²) in [4.78, 5) is 18.3. The van der Waals surface area contributed by atoms with Crippen LogP contribution in [0, 0.1) is 0 Å². The largest absolute Gasteiger partial charge is 0.497 e. The van der Waals surface area contributed by atoms with E-state index in [1.54, 1.807) is 31.6 Å². The van der Waals surface area contributed by atoms with Gasteiger partial charge >= 0.3 is 5.76 Å². The van der Waals surface area contributed by atoms with E-state index in [0.29, 0.717) is 22.6 Å². The van der Waals surface area contributed by atoms with Crippen molar-refractivity contribution in [1.29, 1.82) is 0 Å². The van der Waals surface area contributed by atoms with Crippen molar-refractivity contribution in [3.63, 3.8) is 0 Å². The zero-order valence-electron chi connectivity index (χ0n) is 13.4. The average molecular weight is 334 g/mol. The molecule has 1 N–H and O–H groups in total. The van der Waals surface area contributed by atoms with Crippen LogP contribution >= 0.6 is 0 Å².